The highest BCUT2D eigenvalue weighted by Crippen LogP contribution is 2.17. The summed E-state index contributed by atoms with van der Waals surface area (Å²) in [5, 5.41) is 6.40. The molecule has 0 bridgehead atoms. The van der Waals surface area contributed by atoms with E-state index in [0.29, 0.717) is 5.69 Å². The number of aromatic amines is 1. The van der Waals surface area contributed by atoms with Crippen molar-refractivity contribution in [2.24, 2.45) is 5.73 Å². The number of H-pyrrole nitrogens is 1. The van der Waals surface area contributed by atoms with E-state index in [1.165, 1.54) is 5.56 Å². The van der Waals surface area contributed by atoms with Gasteiger partial charge in [-0.2, -0.15) is 5.10 Å². The van der Waals surface area contributed by atoms with Crippen LogP contribution in [0.1, 0.15) is 18.1 Å². The van der Waals surface area contributed by atoms with E-state index in [-0.39, 0.29) is 16.1 Å². The molecule has 0 amide bonds. The molecule has 2 aromatic rings. The molecule has 18 heavy (non-hydrogen) atoms. The van der Waals surface area contributed by atoms with Crippen LogP contribution in [0.4, 0.5) is 0 Å². The third-order valence-corrected chi connectivity index (χ3v) is 2.95. The molecule has 0 spiro atoms. The largest absolute Gasteiger partial charge is 0.389 e. The minimum atomic E-state index is -0.364. The zero-order valence-electron chi connectivity index (χ0n) is 9.93. The number of rotatable bonds is 3. The third kappa shape index (κ3) is 2.46. The molecule has 4 nitrogen and oxygen atoms in total. The van der Waals surface area contributed by atoms with Gasteiger partial charge >= 0.3 is 0 Å². The smallest absolute Gasteiger partial charge is 0.274 e. The summed E-state index contributed by atoms with van der Waals surface area (Å²) >= 11 is 4.83. The predicted octanol–water partition coefficient (Wildman–Crippen LogP) is 1.63. The highest BCUT2D eigenvalue weighted by molar-refractivity contribution is 7.80. The van der Waals surface area contributed by atoms with Crippen LogP contribution in [0.5, 0.6) is 0 Å². The fourth-order valence-electron chi connectivity index (χ4n) is 1.65. The second kappa shape index (κ2) is 5.10. The lowest BCUT2D eigenvalue weighted by atomic mass is 10.1. The van der Waals surface area contributed by atoms with Crippen molar-refractivity contribution in [3.8, 4) is 11.3 Å². The summed E-state index contributed by atoms with van der Waals surface area (Å²) in [6.45, 7) is 2.10. The molecule has 0 unspecified atom stereocenters. The molecule has 0 aliphatic heterocycles. The minimum Gasteiger partial charge on any atom is -0.389 e. The maximum atomic E-state index is 11.5. The number of benzene rings is 1. The standard InChI is InChI=1S/C13H13N3OS/c1-2-8-3-5-9(6-4-8)11-7-10(12(14)18)13(17)16-15-11/h3-7H,2H2,1H3,(H2,14,18)(H,16,17). The zero-order valence-corrected chi connectivity index (χ0v) is 10.8. The quantitative estimate of drug-likeness (QED) is 0.822. The molecule has 2 rings (SSSR count). The van der Waals surface area contributed by atoms with Gasteiger partial charge in [-0.3, -0.25) is 4.79 Å². The van der Waals surface area contributed by atoms with Gasteiger partial charge in [0.05, 0.1) is 11.3 Å². The maximum absolute atomic E-state index is 11.5. The SMILES string of the molecule is CCc1ccc(-c2cc(C(N)=S)c(=O)[nH]n2)cc1. The van der Waals surface area contributed by atoms with Gasteiger partial charge in [0, 0.05) is 5.56 Å². The Morgan fingerprint density at radius 3 is 2.61 bits per heavy atom. The third-order valence-electron chi connectivity index (χ3n) is 2.73. The Morgan fingerprint density at radius 1 is 1.39 bits per heavy atom. The summed E-state index contributed by atoms with van der Waals surface area (Å²) in [4.78, 5) is 11.5. The number of nitrogens with zero attached hydrogens (tertiary/aromatic N) is 1. The molecular formula is C13H13N3OS. The fraction of sp³-hybridized carbons (Fsp3) is 0.154. The van der Waals surface area contributed by atoms with Crippen molar-refractivity contribution < 1.29 is 0 Å². The second-order valence-corrected chi connectivity index (χ2v) is 4.35. The van der Waals surface area contributed by atoms with Crippen molar-refractivity contribution in [3.05, 3.63) is 51.8 Å². The van der Waals surface area contributed by atoms with Crippen molar-refractivity contribution in [3.63, 3.8) is 0 Å². The molecule has 0 aliphatic carbocycles. The van der Waals surface area contributed by atoms with Crippen molar-refractivity contribution >= 4 is 17.2 Å². The van der Waals surface area contributed by atoms with Gasteiger partial charge in [-0.25, -0.2) is 5.10 Å². The van der Waals surface area contributed by atoms with Gasteiger partial charge in [-0.15, -0.1) is 0 Å². The number of hydrogen-bond acceptors (Lipinski definition) is 3. The van der Waals surface area contributed by atoms with Gasteiger partial charge < -0.3 is 5.73 Å². The monoisotopic (exact) mass is 259 g/mol. The van der Waals surface area contributed by atoms with Crippen molar-refractivity contribution in [1.82, 2.24) is 10.2 Å². The molecule has 1 aromatic heterocycles. The first-order valence-corrected chi connectivity index (χ1v) is 6.01. The highest BCUT2D eigenvalue weighted by Gasteiger charge is 2.07. The van der Waals surface area contributed by atoms with E-state index < -0.39 is 0 Å². The van der Waals surface area contributed by atoms with Crippen LogP contribution in [-0.2, 0) is 6.42 Å². The Balaban J connectivity index is 2.47. The van der Waals surface area contributed by atoms with Crippen molar-refractivity contribution in [2.45, 2.75) is 13.3 Å². The van der Waals surface area contributed by atoms with Crippen molar-refractivity contribution in [2.75, 3.05) is 0 Å². The van der Waals surface area contributed by atoms with Crippen LogP contribution in [-0.4, -0.2) is 15.2 Å². The minimum absolute atomic E-state index is 0.0741. The Labute approximate surface area is 110 Å². The van der Waals surface area contributed by atoms with Crippen LogP contribution < -0.4 is 11.3 Å². The summed E-state index contributed by atoms with van der Waals surface area (Å²) in [5.74, 6) is 0. The zero-order chi connectivity index (χ0) is 13.1. The molecule has 0 fully saturated rings. The Kier molecular flexibility index (Phi) is 3.53. The van der Waals surface area contributed by atoms with Gasteiger partial charge in [0.15, 0.2) is 0 Å². The van der Waals surface area contributed by atoms with E-state index in [1.807, 2.05) is 24.3 Å². The van der Waals surface area contributed by atoms with Crippen LogP contribution in [0.15, 0.2) is 35.1 Å². The lowest BCUT2D eigenvalue weighted by Gasteiger charge is -2.03. The number of nitrogens with one attached hydrogen (secondary N) is 1. The normalized spacial score (nSPS) is 10.3. The van der Waals surface area contributed by atoms with E-state index in [9.17, 15) is 4.79 Å². The lowest BCUT2D eigenvalue weighted by Crippen LogP contribution is -2.23. The first kappa shape index (κ1) is 12.4. The van der Waals surface area contributed by atoms with Gasteiger partial charge in [0.1, 0.15) is 4.99 Å². The maximum Gasteiger partial charge on any atom is 0.274 e. The van der Waals surface area contributed by atoms with E-state index in [0.717, 1.165) is 12.0 Å². The van der Waals surface area contributed by atoms with Crippen LogP contribution in [0.25, 0.3) is 11.3 Å². The van der Waals surface area contributed by atoms with E-state index in [2.05, 4.69) is 17.1 Å². The van der Waals surface area contributed by atoms with Crippen LogP contribution in [0, 0.1) is 0 Å². The van der Waals surface area contributed by atoms with E-state index >= 15 is 0 Å². The summed E-state index contributed by atoms with van der Waals surface area (Å²) in [6, 6.07) is 9.60. The molecule has 0 radical (unpaired) electrons. The molecule has 0 atom stereocenters. The average Bonchev–Trinajstić information content (AvgIpc) is 2.39. The van der Waals surface area contributed by atoms with E-state index in [4.69, 9.17) is 18.0 Å². The van der Waals surface area contributed by atoms with Crippen LogP contribution in [0.3, 0.4) is 0 Å². The Hall–Kier alpha value is -2.01. The second-order valence-electron chi connectivity index (χ2n) is 3.91. The molecule has 1 heterocycles. The first-order valence-electron chi connectivity index (χ1n) is 5.60. The topological polar surface area (TPSA) is 71.8 Å². The number of aromatic nitrogens is 2. The molecule has 0 saturated carbocycles. The Morgan fingerprint density at radius 2 is 2.06 bits per heavy atom. The molecule has 0 saturated heterocycles. The molecule has 92 valence electrons. The molecule has 0 aliphatic rings. The average molecular weight is 259 g/mol. The van der Waals surface area contributed by atoms with Gasteiger partial charge in [0.2, 0.25) is 0 Å². The van der Waals surface area contributed by atoms with Crippen LogP contribution in [0.2, 0.25) is 0 Å². The number of aryl methyl sites for hydroxylation is 1. The highest BCUT2D eigenvalue weighted by atomic mass is 32.1. The van der Waals surface area contributed by atoms with Gasteiger partial charge in [-0.05, 0) is 18.1 Å². The molecular weight excluding hydrogens is 246 g/mol. The summed E-state index contributed by atoms with van der Waals surface area (Å²) in [6.07, 6.45) is 0.984. The lowest BCUT2D eigenvalue weighted by molar-refractivity contribution is 0.990. The van der Waals surface area contributed by atoms with E-state index in [1.54, 1.807) is 6.07 Å². The van der Waals surface area contributed by atoms with Crippen LogP contribution >= 0.6 is 12.2 Å². The molecule has 5 heteroatoms. The Bertz CT molecular complexity index is 631. The molecule has 3 N–H and O–H groups in total. The number of thiocarbonyl (C=S) groups is 1. The fourth-order valence-corrected chi connectivity index (χ4v) is 1.80. The summed E-state index contributed by atoms with van der Waals surface area (Å²) < 4.78 is 0. The molecule has 1 aromatic carbocycles. The predicted molar refractivity (Wildman–Crippen MR) is 75.6 cm³/mol. The van der Waals surface area contributed by atoms with Gasteiger partial charge in [-0.1, -0.05) is 43.4 Å². The summed E-state index contributed by atoms with van der Waals surface area (Å²) in [7, 11) is 0. The summed E-state index contributed by atoms with van der Waals surface area (Å²) in [5.41, 5.74) is 8.23. The number of hydrogen-bond donors (Lipinski definition) is 2. The van der Waals surface area contributed by atoms with Crippen molar-refractivity contribution in [1.29, 1.82) is 0 Å². The first-order chi connectivity index (χ1) is 8.61. The van der Waals surface area contributed by atoms with Gasteiger partial charge in [0.25, 0.3) is 5.56 Å². The number of nitrogens with two attached hydrogens (primary N) is 1.